The van der Waals surface area contributed by atoms with E-state index >= 15 is 0 Å². The summed E-state index contributed by atoms with van der Waals surface area (Å²) in [6.07, 6.45) is 5.76. The number of ketones is 1. The number of Topliss-reactive ketones (excluding diaryl/α,β-unsaturated/α-hetero) is 1. The molecule has 2 aromatic carbocycles. The standard InChI is InChI=1S/C27H29N3O7/c1-34-19-8-6-17(7-9-19)24(31)22-23(18-14-20(35-2)26(37-4)21(15-18)36-3)30(27(33)25(22)32)12-5-11-29-13-10-28-16-29/h6-10,13-16,23,31H,5,11-12H2,1-4H3/t23-/m0/s1. The third-order valence-corrected chi connectivity index (χ3v) is 6.28. The Balaban J connectivity index is 1.82. The molecule has 1 atom stereocenters. The second kappa shape index (κ2) is 11.1. The number of ether oxygens (including phenoxy) is 4. The van der Waals surface area contributed by atoms with E-state index in [1.807, 2.05) is 10.8 Å². The van der Waals surface area contributed by atoms with E-state index in [9.17, 15) is 14.7 Å². The summed E-state index contributed by atoms with van der Waals surface area (Å²) in [5.74, 6) is -0.0414. The predicted molar refractivity (Wildman–Crippen MR) is 135 cm³/mol. The Kier molecular flexibility index (Phi) is 7.66. The number of benzene rings is 2. The lowest BCUT2D eigenvalue weighted by atomic mass is 9.94. The van der Waals surface area contributed by atoms with Crippen LogP contribution in [0.2, 0.25) is 0 Å². The van der Waals surface area contributed by atoms with Crippen molar-refractivity contribution in [3.05, 3.63) is 71.8 Å². The third-order valence-electron chi connectivity index (χ3n) is 6.28. The molecule has 1 amide bonds. The number of aryl methyl sites for hydroxylation is 1. The van der Waals surface area contributed by atoms with Crippen molar-refractivity contribution in [1.29, 1.82) is 0 Å². The van der Waals surface area contributed by atoms with Crippen molar-refractivity contribution in [2.24, 2.45) is 0 Å². The van der Waals surface area contributed by atoms with Crippen molar-refractivity contribution in [2.45, 2.75) is 19.0 Å². The normalized spacial score (nSPS) is 16.6. The van der Waals surface area contributed by atoms with Crippen molar-refractivity contribution < 1.29 is 33.6 Å². The molecule has 0 radical (unpaired) electrons. The topological polar surface area (TPSA) is 112 Å². The van der Waals surface area contributed by atoms with Gasteiger partial charge in [-0.1, -0.05) is 0 Å². The van der Waals surface area contributed by atoms with Crippen molar-refractivity contribution in [2.75, 3.05) is 35.0 Å². The summed E-state index contributed by atoms with van der Waals surface area (Å²) >= 11 is 0. The van der Waals surface area contributed by atoms with Gasteiger partial charge in [-0.05, 0) is 48.4 Å². The van der Waals surface area contributed by atoms with Crippen LogP contribution in [0.15, 0.2) is 60.7 Å². The summed E-state index contributed by atoms with van der Waals surface area (Å²) in [5.41, 5.74) is 0.896. The number of imidazole rings is 1. The van der Waals surface area contributed by atoms with Crippen LogP contribution in [-0.2, 0) is 16.1 Å². The molecule has 1 aromatic heterocycles. The van der Waals surface area contributed by atoms with Gasteiger partial charge >= 0.3 is 0 Å². The van der Waals surface area contributed by atoms with Crippen LogP contribution in [0.25, 0.3) is 5.76 Å². The number of carbonyl (C=O) groups is 2. The van der Waals surface area contributed by atoms with Gasteiger partial charge in [0.25, 0.3) is 11.7 Å². The molecule has 194 valence electrons. The molecule has 0 saturated carbocycles. The molecule has 2 heterocycles. The fourth-order valence-electron chi connectivity index (χ4n) is 4.46. The van der Waals surface area contributed by atoms with Crippen molar-refractivity contribution in [1.82, 2.24) is 14.5 Å². The number of nitrogens with zero attached hydrogens (tertiary/aromatic N) is 3. The van der Waals surface area contributed by atoms with Crippen LogP contribution < -0.4 is 18.9 Å². The monoisotopic (exact) mass is 507 g/mol. The maximum absolute atomic E-state index is 13.3. The molecule has 0 unspecified atom stereocenters. The Hall–Kier alpha value is -4.47. The van der Waals surface area contributed by atoms with Gasteiger partial charge in [0.2, 0.25) is 5.75 Å². The summed E-state index contributed by atoms with van der Waals surface area (Å²) in [5, 5.41) is 11.3. The highest BCUT2D eigenvalue weighted by atomic mass is 16.5. The lowest BCUT2D eigenvalue weighted by molar-refractivity contribution is -0.139. The Morgan fingerprint density at radius 2 is 1.62 bits per heavy atom. The molecule has 1 fully saturated rings. The predicted octanol–water partition coefficient (Wildman–Crippen LogP) is 3.43. The summed E-state index contributed by atoms with van der Waals surface area (Å²) in [6.45, 7) is 0.868. The van der Waals surface area contributed by atoms with Crippen molar-refractivity contribution in [3.63, 3.8) is 0 Å². The van der Waals surface area contributed by atoms with E-state index in [1.165, 1.54) is 33.3 Å². The molecule has 10 heteroatoms. The van der Waals surface area contributed by atoms with Gasteiger partial charge in [0.1, 0.15) is 11.5 Å². The van der Waals surface area contributed by atoms with Crippen LogP contribution in [-0.4, -0.2) is 66.2 Å². The first kappa shape index (κ1) is 25.6. The average Bonchev–Trinajstić information content (AvgIpc) is 3.54. The van der Waals surface area contributed by atoms with Gasteiger partial charge in [0, 0.05) is 31.0 Å². The number of hydrogen-bond acceptors (Lipinski definition) is 8. The number of aromatic nitrogens is 2. The molecule has 0 aliphatic carbocycles. The molecule has 1 N–H and O–H groups in total. The number of aliphatic hydroxyl groups excluding tert-OH is 1. The minimum absolute atomic E-state index is 0.0212. The Bertz CT molecular complexity index is 1280. The molecule has 1 aliphatic rings. The molecule has 1 aliphatic heterocycles. The first-order chi connectivity index (χ1) is 17.9. The molecule has 37 heavy (non-hydrogen) atoms. The first-order valence-corrected chi connectivity index (χ1v) is 11.6. The number of amides is 1. The van der Waals surface area contributed by atoms with Crippen molar-refractivity contribution >= 4 is 17.4 Å². The molecule has 0 spiro atoms. The van der Waals surface area contributed by atoms with E-state index in [-0.39, 0.29) is 17.9 Å². The third kappa shape index (κ3) is 4.95. The maximum atomic E-state index is 13.3. The van der Waals surface area contributed by atoms with E-state index in [0.717, 1.165) is 0 Å². The molecule has 3 aromatic rings. The quantitative estimate of drug-likeness (QED) is 0.252. The van der Waals surface area contributed by atoms with Gasteiger partial charge in [-0.2, -0.15) is 0 Å². The smallest absolute Gasteiger partial charge is 0.295 e. The van der Waals surface area contributed by atoms with Gasteiger partial charge in [-0.15, -0.1) is 0 Å². The second-order valence-corrected chi connectivity index (χ2v) is 8.33. The average molecular weight is 508 g/mol. The zero-order chi connectivity index (χ0) is 26.5. The summed E-state index contributed by atoms with van der Waals surface area (Å²) in [7, 11) is 6.00. The zero-order valence-electron chi connectivity index (χ0n) is 21.1. The number of carbonyl (C=O) groups excluding carboxylic acids is 2. The number of hydrogen-bond donors (Lipinski definition) is 1. The first-order valence-electron chi connectivity index (χ1n) is 11.6. The maximum Gasteiger partial charge on any atom is 0.295 e. The number of rotatable bonds is 10. The SMILES string of the molecule is COc1ccc(C(O)=C2C(=O)C(=O)N(CCCn3ccnc3)[C@H]2c2cc(OC)c(OC)c(OC)c2)cc1. The van der Waals surface area contributed by atoms with E-state index < -0.39 is 17.7 Å². The molecular formula is C27H29N3O7. The van der Waals surface area contributed by atoms with Gasteiger partial charge in [0.05, 0.1) is 46.4 Å². The zero-order valence-corrected chi connectivity index (χ0v) is 21.1. The summed E-state index contributed by atoms with van der Waals surface area (Å²) < 4.78 is 23.5. The van der Waals surface area contributed by atoms with Crippen LogP contribution in [0.3, 0.4) is 0 Å². The largest absolute Gasteiger partial charge is 0.507 e. The molecule has 4 rings (SSSR count). The van der Waals surface area contributed by atoms with Crippen molar-refractivity contribution in [3.8, 4) is 23.0 Å². The summed E-state index contributed by atoms with van der Waals surface area (Å²) in [6, 6.07) is 9.10. The van der Waals surface area contributed by atoms with Crippen LogP contribution in [0.4, 0.5) is 0 Å². The summed E-state index contributed by atoms with van der Waals surface area (Å²) in [4.78, 5) is 32.1. The molecule has 1 saturated heterocycles. The van der Waals surface area contributed by atoms with E-state index in [4.69, 9.17) is 18.9 Å². The van der Waals surface area contributed by atoms with Crippen LogP contribution in [0.1, 0.15) is 23.6 Å². The van der Waals surface area contributed by atoms with E-state index in [1.54, 1.807) is 48.9 Å². The lowest BCUT2D eigenvalue weighted by Crippen LogP contribution is -2.31. The second-order valence-electron chi connectivity index (χ2n) is 8.33. The minimum atomic E-state index is -0.876. The fraction of sp³-hybridized carbons (Fsp3) is 0.296. The van der Waals surface area contributed by atoms with Gasteiger partial charge in [0.15, 0.2) is 11.5 Å². The Morgan fingerprint density at radius 1 is 0.946 bits per heavy atom. The van der Waals surface area contributed by atoms with E-state index in [2.05, 4.69) is 4.98 Å². The van der Waals surface area contributed by atoms with Gasteiger partial charge in [-0.3, -0.25) is 9.59 Å². The number of likely N-dealkylation sites (tertiary alicyclic amines) is 1. The molecular weight excluding hydrogens is 478 g/mol. The fourth-order valence-corrected chi connectivity index (χ4v) is 4.46. The minimum Gasteiger partial charge on any atom is -0.507 e. The Morgan fingerprint density at radius 3 is 2.16 bits per heavy atom. The molecule has 10 nitrogen and oxygen atoms in total. The highest BCUT2D eigenvalue weighted by Gasteiger charge is 2.46. The van der Waals surface area contributed by atoms with Crippen LogP contribution in [0, 0.1) is 0 Å². The van der Waals surface area contributed by atoms with Gasteiger partial charge < -0.3 is 33.5 Å². The lowest BCUT2D eigenvalue weighted by Gasteiger charge is -2.26. The highest BCUT2D eigenvalue weighted by Crippen LogP contribution is 2.45. The highest BCUT2D eigenvalue weighted by molar-refractivity contribution is 6.46. The Labute approximate surface area is 214 Å². The number of aliphatic hydroxyl groups is 1. The number of methoxy groups -OCH3 is 4. The van der Waals surface area contributed by atoms with Crippen LogP contribution >= 0.6 is 0 Å². The van der Waals surface area contributed by atoms with Crippen LogP contribution in [0.5, 0.6) is 23.0 Å². The molecule has 0 bridgehead atoms. The van der Waals surface area contributed by atoms with Gasteiger partial charge in [-0.25, -0.2) is 4.98 Å². The van der Waals surface area contributed by atoms with E-state index in [0.29, 0.717) is 47.1 Å².